The monoisotopic (exact) mass is 379 g/mol. The van der Waals surface area contributed by atoms with E-state index < -0.39 is 11.6 Å². The Morgan fingerprint density at radius 3 is 2.73 bits per heavy atom. The van der Waals surface area contributed by atoms with Gasteiger partial charge in [-0.3, -0.25) is 0 Å². The molecule has 0 bridgehead atoms. The van der Waals surface area contributed by atoms with Crippen molar-refractivity contribution in [3.05, 3.63) is 29.5 Å². The number of nitrogens with zero attached hydrogens (tertiary/aromatic N) is 3. The number of aromatic nitrogens is 3. The third-order valence-corrected chi connectivity index (χ3v) is 3.61. The largest absolute Gasteiger partial charge is 0.475 e. The lowest BCUT2D eigenvalue weighted by Crippen LogP contribution is -2.43. The van der Waals surface area contributed by atoms with Gasteiger partial charge in [-0.15, -0.1) is 0 Å². The van der Waals surface area contributed by atoms with Crippen LogP contribution in [0.1, 0.15) is 27.2 Å². The molecule has 0 fully saturated rings. The Kier molecular flexibility index (Phi) is 6.33. The van der Waals surface area contributed by atoms with Crippen LogP contribution in [-0.2, 0) is 0 Å². The fourth-order valence-corrected chi connectivity index (χ4v) is 2.76. The molecule has 140 valence electrons. The number of amides is 1. The molecule has 0 saturated heterocycles. The smallest absolute Gasteiger partial charge is 0.412 e. The van der Waals surface area contributed by atoms with Gasteiger partial charge < -0.3 is 20.9 Å². The summed E-state index contributed by atoms with van der Waals surface area (Å²) >= 11 is 6.26. The van der Waals surface area contributed by atoms with Crippen LogP contribution < -0.4 is 20.9 Å². The Balaban J connectivity index is 2.13. The first-order valence-electron chi connectivity index (χ1n) is 8.04. The molecular weight excluding hydrogens is 358 g/mol. The van der Waals surface area contributed by atoms with E-state index in [4.69, 9.17) is 27.8 Å². The van der Waals surface area contributed by atoms with Crippen molar-refractivity contribution in [2.45, 2.75) is 32.7 Å². The fourth-order valence-electron chi connectivity index (χ4n) is 2.54. The molecule has 0 aliphatic rings. The predicted molar refractivity (Wildman–Crippen MR) is 98.0 cm³/mol. The Labute approximate surface area is 156 Å². The summed E-state index contributed by atoms with van der Waals surface area (Å²) in [6, 6.07) is 3.12. The lowest BCUT2D eigenvalue weighted by Gasteiger charge is -2.26. The molecule has 1 atom stereocenters. The summed E-state index contributed by atoms with van der Waals surface area (Å²) in [5, 5.41) is 0.318. The van der Waals surface area contributed by atoms with Gasteiger partial charge in [0, 0.05) is 23.5 Å². The quantitative estimate of drug-likeness (QED) is 0.757. The second-order valence-electron chi connectivity index (χ2n) is 6.70. The van der Waals surface area contributed by atoms with E-state index in [1.165, 1.54) is 6.20 Å². The maximum absolute atomic E-state index is 10.8. The highest BCUT2D eigenvalue weighted by molar-refractivity contribution is 6.32. The summed E-state index contributed by atoms with van der Waals surface area (Å²) in [7, 11) is 0. The first-order chi connectivity index (χ1) is 12.2. The minimum Gasteiger partial charge on any atom is -0.475 e. The third-order valence-electron chi connectivity index (χ3n) is 3.34. The summed E-state index contributed by atoms with van der Waals surface area (Å²) in [6.45, 7) is 6.42. The van der Waals surface area contributed by atoms with Gasteiger partial charge in [0.05, 0.1) is 5.69 Å². The van der Waals surface area contributed by atoms with Crippen LogP contribution in [0.25, 0.3) is 11.3 Å². The Morgan fingerprint density at radius 1 is 1.38 bits per heavy atom. The first-order valence-corrected chi connectivity index (χ1v) is 8.42. The number of primary amides is 1. The van der Waals surface area contributed by atoms with Gasteiger partial charge in [-0.05, 0) is 31.4 Å². The van der Waals surface area contributed by atoms with Gasteiger partial charge in [0.1, 0.15) is 11.6 Å². The average Bonchev–Trinajstić information content (AvgIpc) is 2.52. The van der Waals surface area contributed by atoms with Crippen molar-refractivity contribution in [3.63, 3.8) is 0 Å². The molecule has 2 aromatic heterocycles. The van der Waals surface area contributed by atoms with Crippen molar-refractivity contribution in [1.82, 2.24) is 15.0 Å². The van der Waals surface area contributed by atoms with Gasteiger partial charge in [-0.2, -0.15) is 4.98 Å². The molecule has 4 N–H and O–H groups in total. The molecule has 0 saturated carbocycles. The van der Waals surface area contributed by atoms with Crippen molar-refractivity contribution < 1.29 is 14.3 Å². The summed E-state index contributed by atoms with van der Waals surface area (Å²) in [4.78, 5) is 22.9. The van der Waals surface area contributed by atoms with E-state index in [9.17, 15) is 4.79 Å². The van der Waals surface area contributed by atoms with Gasteiger partial charge in [-0.1, -0.05) is 25.4 Å². The Morgan fingerprint density at radius 2 is 2.12 bits per heavy atom. The van der Waals surface area contributed by atoms with Gasteiger partial charge in [0.2, 0.25) is 5.88 Å². The number of pyridine rings is 1. The number of nitrogens with two attached hydrogens (primary N) is 2. The minimum absolute atomic E-state index is 0.154. The molecule has 1 unspecified atom stereocenters. The fraction of sp³-hybridized carbons (Fsp3) is 0.412. The highest BCUT2D eigenvalue weighted by Crippen LogP contribution is 2.28. The molecule has 9 heteroatoms. The maximum atomic E-state index is 10.8. The zero-order valence-electron chi connectivity index (χ0n) is 14.9. The zero-order valence-corrected chi connectivity index (χ0v) is 15.7. The number of ether oxygens (including phenoxy) is 2. The molecule has 0 radical (unpaired) electrons. The SMILES string of the molecule is CC(C)CC(C)(N)COc1ncc(-c2ccnc(OC(N)=O)n2)cc1Cl. The van der Waals surface area contributed by atoms with Crippen LogP contribution in [0.15, 0.2) is 24.5 Å². The van der Waals surface area contributed by atoms with Crippen molar-refractivity contribution in [2.75, 3.05) is 6.61 Å². The number of halogens is 1. The summed E-state index contributed by atoms with van der Waals surface area (Å²) in [5.74, 6) is 0.743. The van der Waals surface area contributed by atoms with Crippen LogP contribution in [0.2, 0.25) is 5.02 Å². The van der Waals surface area contributed by atoms with E-state index in [-0.39, 0.29) is 6.01 Å². The predicted octanol–water partition coefficient (Wildman–Crippen LogP) is 2.79. The number of rotatable bonds is 7. The molecule has 8 nitrogen and oxygen atoms in total. The van der Waals surface area contributed by atoms with E-state index >= 15 is 0 Å². The average molecular weight is 380 g/mol. The number of carbonyl (C=O) groups is 1. The van der Waals surface area contributed by atoms with Crippen molar-refractivity contribution in [1.29, 1.82) is 0 Å². The van der Waals surface area contributed by atoms with E-state index in [1.807, 2.05) is 6.92 Å². The maximum Gasteiger partial charge on any atom is 0.412 e. The van der Waals surface area contributed by atoms with E-state index in [0.29, 0.717) is 34.7 Å². The molecule has 2 heterocycles. The van der Waals surface area contributed by atoms with Gasteiger partial charge >= 0.3 is 12.1 Å². The highest BCUT2D eigenvalue weighted by Gasteiger charge is 2.22. The number of hydrogen-bond acceptors (Lipinski definition) is 7. The van der Waals surface area contributed by atoms with E-state index in [0.717, 1.165) is 6.42 Å². The van der Waals surface area contributed by atoms with Crippen molar-refractivity contribution in [2.24, 2.45) is 17.4 Å². The summed E-state index contributed by atoms with van der Waals surface area (Å²) in [6.07, 6.45) is 2.80. The van der Waals surface area contributed by atoms with Crippen LogP contribution in [0, 0.1) is 5.92 Å². The van der Waals surface area contributed by atoms with Crippen LogP contribution in [0.3, 0.4) is 0 Å². The second kappa shape index (κ2) is 8.29. The number of carbonyl (C=O) groups excluding carboxylic acids is 1. The Hall–Kier alpha value is -2.45. The molecule has 26 heavy (non-hydrogen) atoms. The summed E-state index contributed by atoms with van der Waals surface area (Å²) < 4.78 is 10.3. The topological polar surface area (TPSA) is 126 Å². The van der Waals surface area contributed by atoms with Crippen LogP contribution >= 0.6 is 11.6 Å². The standard InChI is InChI=1S/C17H22ClN5O3/c1-10(2)7-17(3,20)9-25-14-12(18)6-11(8-22-14)13-4-5-21-16(23-13)26-15(19)24/h4-6,8,10H,7,9,20H2,1-3H3,(H2,19,24). The van der Waals surface area contributed by atoms with Gasteiger partial charge in [0.15, 0.2) is 0 Å². The Bertz CT molecular complexity index is 783. The third kappa shape index (κ3) is 5.82. The molecule has 2 aromatic rings. The lowest BCUT2D eigenvalue weighted by atomic mass is 9.93. The van der Waals surface area contributed by atoms with Crippen LogP contribution in [0.4, 0.5) is 4.79 Å². The van der Waals surface area contributed by atoms with Crippen LogP contribution in [-0.4, -0.2) is 33.2 Å². The van der Waals surface area contributed by atoms with Crippen molar-refractivity contribution >= 4 is 17.7 Å². The van der Waals surface area contributed by atoms with Gasteiger partial charge in [0.25, 0.3) is 0 Å². The zero-order chi connectivity index (χ0) is 19.3. The molecule has 0 aliphatic heterocycles. The highest BCUT2D eigenvalue weighted by atomic mass is 35.5. The molecule has 1 amide bonds. The summed E-state index contributed by atoms with van der Waals surface area (Å²) in [5.41, 5.74) is 11.8. The molecule has 2 rings (SSSR count). The minimum atomic E-state index is -0.992. The molecular formula is C17H22ClN5O3. The van der Waals surface area contributed by atoms with Gasteiger partial charge in [-0.25, -0.2) is 14.8 Å². The number of hydrogen-bond donors (Lipinski definition) is 2. The lowest BCUT2D eigenvalue weighted by molar-refractivity contribution is 0.201. The van der Waals surface area contributed by atoms with E-state index in [2.05, 4.69) is 33.5 Å². The van der Waals surface area contributed by atoms with Crippen molar-refractivity contribution in [3.8, 4) is 23.1 Å². The normalized spacial score (nSPS) is 13.3. The molecule has 0 aliphatic carbocycles. The van der Waals surface area contributed by atoms with E-state index in [1.54, 1.807) is 18.3 Å². The molecule has 0 aromatic carbocycles. The first kappa shape index (κ1) is 19.9. The van der Waals surface area contributed by atoms with Crippen LogP contribution in [0.5, 0.6) is 11.9 Å². The molecule has 0 spiro atoms. The second-order valence-corrected chi connectivity index (χ2v) is 7.10.